The van der Waals surface area contributed by atoms with Crippen LogP contribution in [0.3, 0.4) is 0 Å². The number of hydrogen-bond donors (Lipinski definition) is 3. The van der Waals surface area contributed by atoms with Gasteiger partial charge in [-0.1, -0.05) is 0 Å². The molecular weight excluding hydrogens is 240 g/mol. The molecule has 0 aromatic rings. The van der Waals surface area contributed by atoms with Gasteiger partial charge in [0.1, 0.15) is 5.60 Å². The molecule has 0 spiro atoms. The molecule has 1 atom stereocenters. The van der Waals surface area contributed by atoms with Gasteiger partial charge in [-0.05, 0) is 20.8 Å². The summed E-state index contributed by atoms with van der Waals surface area (Å²) >= 11 is 0. The first-order valence-electron chi connectivity index (χ1n) is 5.62. The van der Waals surface area contributed by atoms with Crippen molar-refractivity contribution in [1.29, 1.82) is 0 Å². The van der Waals surface area contributed by atoms with Crippen LogP contribution >= 0.6 is 0 Å². The van der Waals surface area contributed by atoms with Gasteiger partial charge in [0.25, 0.3) is 0 Å². The fourth-order valence-corrected chi connectivity index (χ4v) is 1.77. The topological polar surface area (TPSA) is 105 Å². The van der Waals surface area contributed by atoms with Gasteiger partial charge in [0, 0.05) is 6.54 Å². The van der Waals surface area contributed by atoms with Crippen LogP contribution in [0.4, 0.5) is 4.79 Å². The molecule has 1 unspecified atom stereocenters. The van der Waals surface area contributed by atoms with Crippen molar-refractivity contribution in [2.24, 2.45) is 0 Å². The zero-order chi connectivity index (χ0) is 14.0. The lowest BCUT2D eigenvalue weighted by atomic mass is 9.94. The number of aliphatic carboxylic acids is 1. The Bertz CT molecular complexity index is 374. The highest BCUT2D eigenvalue weighted by atomic mass is 16.6. The van der Waals surface area contributed by atoms with Crippen molar-refractivity contribution in [1.82, 2.24) is 10.6 Å². The summed E-state index contributed by atoms with van der Waals surface area (Å²) in [7, 11) is 0. The second-order valence-electron chi connectivity index (χ2n) is 5.43. The Morgan fingerprint density at radius 1 is 1.50 bits per heavy atom. The van der Waals surface area contributed by atoms with Crippen molar-refractivity contribution < 1.29 is 24.2 Å². The molecule has 2 amide bonds. The number of carbonyl (C=O) groups excluding carboxylic acids is 2. The van der Waals surface area contributed by atoms with Crippen LogP contribution in [0.1, 0.15) is 33.6 Å². The van der Waals surface area contributed by atoms with Crippen LogP contribution < -0.4 is 10.6 Å². The molecule has 18 heavy (non-hydrogen) atoms. The summed E-state index contributed by atoms with van der Waals surface area (Å²) in [6, 6.07) is 0. The minimum atomic E-state index is -1.11. The maximum atomic E-state index is 11.6. The first-order valence-corrected chi connectivity index (χ1v) is 5.62. The average Bonchev–Trinajstić information content (AvgIpc) is 2.41. The molecule has 1 aliphatic rings. The number of hydrogen-bond acceptors (Lipinski definition) is 4. The molecule has 7 nitrogen and oxygen atoms in total. The third kappa shape index (κ3) is 4.23. The highest BCUT2D eigenvalue weighted by Crippen LogP contribution is 2.21. The molecule has 1 saturated heterocycles. The first-order chi connectivity index (χ1) is 8.12. The summed E-state index contributed by atoms with van der Waals surface area (Å²) in [4.78, 5) is 33.7. The number of carboxylic acids is 1. The molecule has 0 aliphatic carbocycles. The molecule has 0 bridgehead atoms. The standard InChI is InChI=1S/C11H18N2O5/c1-10(2,3)18-9(17)13-11(5-8(15)16)4-7(14)12-6-11/h4-6H2,1-3H3,(H,12,14)(H,13,17)(H,15,16). The SMILES string of the molecule is CC(C)(C)OC(=O)NC1(CC(=O)O)CNC(=O)C1. The molecule has 1 rings (SSSR count). The molecular formula is C11H18N2O5. The van der Waals surface area contributed by atoms with E-state index >= 15 is 0 Å². The largest absolute Gasteiger partial charge is 0.481 e. The minimum Gasteiger partial charge on any atom is -0.481 e. The summed E-state index contributed by atoms with van der Waals surface area (Å²) < 4.78 is 5.06. The number of carbonyl (C=O) groups is 3. The Morgan fingerprint density at radius 3 is 2.50 bits per heavy atom. The Hall–Kier alpha value is -1.79. The lowest BCUT2D eigenvalue weighted by Crippen LogP contribution is -2.52. The van der Waals surface area contributed by atoms with E-state index in [9.17, 15) is 14.4 Å². The second-order valence-corrected chi connectivity index (χ2v) is 5.43. The van der Waals surface area contributed by atoms with E-state index in [0.29, 0.717) is 0 Å². The van der Waals surface area contributed by atoms with Gasteiger partial charge >= 0.3 is 12.1 Å². The van der Waals surface area contributed by atoms with Gasteiger partial charge in [0.15, 0.2) is 0 Å². The summed E-state index contributed by atoms with van der Waals surface area (Å²) in [5.74, 6) is -1.37. The van der Waals surface area contributed by atoms with Gasteiger partial charge in [-0.2, -0.15) is 0 Å². The van der Waals surface area contributed by atoms with Crippen LogP contribution in [0.5, 0.6) is 0 Å². The van der Waals surface area contributed by atoms with Crippen LogP contribution in [0.15, 0.2) is 0 Å². The first kappa shape index (κ1) is 14.3. The number of nitrogens with one attached hydrogen (secondary N) is 2. The molecule has 1 heterocycles. The lowest BCUT2D eigenvalue weighted by molar-refractivity contribution is -0.138. The number of carboxylic acid groups (broad SMARTS) is 1. The van der Waals surface area contributed by atoms with Gasteiger partial charge < -0.3 is 20.5 Å². The predicted molar refractivity (Wildman–Crippen MR) is 62.0 cm³/mol. The van der Waals surface area contributed by atoms with E-state index in [0.717, 1.165) is 0 Å². The van der Waals surface area contributed by atoms with Crippen LogP contribution in [-0.4, -0.2) is 40.8 Å². The van der Waals surface area contributed by atoms with Crippen molar-refractivity contribution in [2.75, 3.05) is 6.54 Å². The quantitative estimate of drug-likeness (QED) is 0.672. The lowest BCUT2D eigenvalue weighted by Gasteiger charge is -2.28. The Labute approximate surface area is 105 Å². The molecule has 1 aliphatic heterocycles. The molecule has 0 aromatic heterocycles. The number of alkyl carbamates (subject to hydrolysis) is 1. The average molecular weight is 258 g/mol. The van der Waals surface area contributed by atoms with Gasteiger partial charge in [-0.25, -0.2) is 4.79 Å². The predicted octanol–water partition coefficient (Wildman–Crippen LogP) is 0.245. The van der Waals surface area contributed by atoms with Crippen LogP contribution in [0, 0.1) is 0 Å². The summed E-state index contributed by atoms with van der Waals surface area (Å²) in [6.45, 7) is 5.20. The van der Waals surface area contributed by atoms with E-state index in [1.165, 1.54) is 0 Å². The Balaban J connectivity index is 2.71. The molecule has 7 heteroatoms. The molecule has 0 radical (unpaired) electrons. The smallest absolute Gasteiger partial charge is 0.408 e. The monoisotopic (exact) mass is 258 g/mol. The number of ether oxygens (including phenoxy) is 1. The third-order valence-electron chi connectivity index (χ3n) is 2.38. The normalized spacial score (nSPS) is 23.4. The van der Waals surface area contributed by atoms with Gasteiger partial charge in [-0.15, -0.1) is 0 Å². The van der Waals surface area contributed by atoms with Crippen LogP contribution in [-0.2, 0) is 14.3 Å². The van der Waals surface area contributed by atoms with Crippen molar-refractivity contribution in [3.8, 4) is 0 Å². The Kier molecular flexibility index (Phi) is 3.83. The van der Waals surface area contributed by atoms with E-state index in [-0.39, 0.29) is 25.3 Å². The van der Waals surface area contributed by atoms with E-state index in [1.807, 2.05) is 0 Å². The van der Waals surface area contributed by atoms with Crippen molar-refractivity contribution in [3.05, 3.63) is 0 Å². The van der Waals surface area contributed by atoms with Gasteiger partial charge in [0.2, 0.25) is 5.91 Å². The highest BCUT2D eigenvalue weighted by molar-refractivity contribution is 5.84. The highest BCUT2D eigenvalue weighted by Gasteiger charge is 2.42. The Morgan fingerprint density at radius 2 is 2.11 bits per heavy atom. The van der Waals surface area contributed by atoms with Gasteiger partial charge in [-0.3, -0.25) is 9.59 Å². The van der Waals surface area contributed by atoms with E-state index in [2.05, 4.69) is 10.6 Å². The second kappa shape index (κ2) is 4.83. The summed E-state index contributed by atoms with van der Waals surface area (Å²) in [5, 5.41) is 13.8. The maximum Gasteiger partial charge on any atom is 0.408 e. The molecule has 0 saturated carbocycles. The van der Waals surface area contributed by atoms with E-state index in [4.69, 9.17) is 9.84 Å². The maximum absolute atomic E-state index is 11.6. The van der Waals surface area contributed by atoms with E-state index in [1.54, 1.807) is 20.8 Å². The fraction of sp³-hybridized carbons (Fsp3) is 0.727. The van der Waals surface area contributed by atoms with E-state index < -0.39 is 23.2 Å². The minimum absolute atomic E-state index is 0.0570. The molecule has 3 N–H and O–H groups in total. The molecule has 0 aromatic carbocycles. The van der Waals surface area contributed by atoms with Crippen molar-refractivity contribution >= 4 is 18.0 Å². The fourth-order valence-electron chi connectivity index (χ4n) is 1.77. The van der Waals surface area contributed by atoms with Crippen LogP contribution in [0.25, 0.3) is 0 Å². The molecule has 1 fully saturated rings. The summed E-state index contributed by atoms with van der Waals surface area (Å²) in [6.07, 6.45) is -1.11. The zero-order valence-corrected chi connectivity index (χ0v) is 10.7. The molecule has 102 valence electrons. The summed E-state index contributed by atoms with van der Waals surface area (Å²) in [5.41, 5.74) is -1.78. The van der Waals surface area contributed by atoms with Crippen molar-refractivity contribution in [3.63, 3.8) is 0 Å². The van der Waals surface area contributed by atoms with Crippen molar-refractivity contribution in [2.45, 2.75) is 44.8 Å². The zero-order valence-electron chi connectivity index (χ0n) is 10.7. The number of amides is 2. The van der Waals surface area contributed by atoms with Gasteiger partial charge in [0.05, 0.1) is 18.4 Å². The van der Waals surface area contributed by atoms with Crippen LogP contribution in [0.2, 0.25) is 0 Å². The number of rotatable bonds is 3. The third-order valence-corrected chi connectivity index (χ3v) is 2.38.